The normalized spacial score (nSPS) is 12.3. The van der Waals surface area contributed by atoms with Crippen molar-refractivity contribution in [3.8, 4) is 0 Å². The van der Waals surface area contributed by atoms with Crippen molar-refractivity contribution in [3.05, 3.63) is 29.6 Å². The van der Waals surface area contributed by atoms with Crippen molar-refractivity contribution in [2.75, 3.05) is 20.3 Å². The summed E-state index contributed by atoms with van der Waals surface area (Å²) in [6, 6.07) is 4.88. The summed E-state index contributed by atoms with van der Waals surface area (Å²) in [5, 5.41) is 20.9. The average Bonchev–Trinajstić information content (AvgIpc) is 2.37. The van der Waals surface area contributed by atoms with E-state index in [0.29, 0.717) is 25.3 Å². The van der Waals surface area contributed by atoms with Crippen LogP contribution in [0.2, 0.25) is 0 Å². The highest BCUT2D eigenvalue weighted by atomic mass is 16.5. The molecule has 1 atom stereocenters. The molecule has 1 heterocycles. The standard InChI is InChI=1S/C12H18N2O4/c1-18-8-10(5-6-15)13-7-9-3-2-4-11(14-9)12(16)17/h2-4,10,13,15H,5-8H2,1H3,(H,16,17). The van der Waals surface area contributed by atoms with Crippen LogP contribution in [0.15, 0.2) is 18.2 Å². The fourth-order valence-corrected chi connectivity index (χ4v) is 1.55. The lowest BCUT2D eigenvalue weighted by atomic mass is 10.2. The lowest BCUT2D eigenvalue weighted by Gasteiger charge is -2.16. The SMILES string of the molecule is COCC(CCO)NCc1cccc(C(=O)O)n1. The maximum Gasteiger partial charge on any atom is 0.354 e. The van der Waals surface area contributed by atoms with Crippen LogP contribution < -0.4 is 5.32 Å². The first-order chi connectivity index (χ1) is 8.67. The van der Waals surface area contributed by atoms with Gasteiger partial charge in [0.15, 0.2) is 0 Å². The van der Waals surface area contributed by atoms with E-state index in [1.165, 1.54) is 6.07 Å². The van der Waals surface area contributed by atoms with Gasteiger partial charge < -0.3 is 20.3 Å². The molecular formula is C12H18N2O4. The maximum atomic E-state index is 10.8. The maximum absolute atomic E-state index is 10.8. The fourth-order valence-electron chi connectivity index (χ4n) is 1.55. The minimum atomic E-state index is -1.04. The first-order valence-corrected chi connectivity index (χ1v) is 5.69. The molecule has 0 saturated carbocycles. The Kier molecular flexibility index (Phi) is 6.27. The molecule has 0 fully saturated rings. The first kappa shape index (κ1) is 14.6. The van der Waals surface area contributed by atoms with Crippen molar-refractivity contribution in [1.82, 2.24) is 10.3 Å². The molecule has 1 aromatic rings. The number of aliphatic hydroxyl groups excluding tert-OH is 1. The molecule has 0 aliphatic rings. The van der Waals surface area contributed by atoms with Crippen LogP contribution in [0.25, 0.3) is 0 Å². The minimum Gasteiger partial charge on any atom is -0.477 e. The third-order valence-corrected chi connectivity index (χ3v) is 2.44. The van der Waals surface area contributed by atoms with Gasteiger partial charge in [-0.3, -0.25) is 0 Å². The summed E-state index contributed by atoms with van der Waals surface area (Å²) in [7, 11) is 1.59. The Bertz CT molecular complexity index is 378. The number of aromatic nitrogens is 1. The molecule has 1 unspecified atom stereocenters. The Morgan fingerprint density at radius 1 is 1.56 bits per heavy atom. The van der Waals surface area contributed by atoms with Crippen LogP contribution in [0.4, 0.5) is 0 Å². The van der Waals surface area contributed by atoms with Gasteiger partial charge in [-0.05, 0) is 18.6 Å². The van der Waals surface area contributed by atoms with E-state index < -0.39 is 5.97 Å². The van der Waals surface area contributed by atoms with Gasteiger partial charge in [0.1, 0.15) is 5.69 Å². The van der Waals surface area contributed by atoms with Gasteiger partial charge in [0.25, 0.3) is 0 Å². The molecule has 0 bridgehead atoms. The summed E-state index contributed by atoms with van der Waals surface area (Å²) in [6.07, 6.45) is 0.576. The van der Waals surface area contributed by atoms with Crippen molar-refractivity contribution in [2.24, 2.45) is 0 Å². The molecule has 0 radical (unpaired) electrons. The van der Waals surface area contributed by atoms with Crippen molar-refractivity contribution in [1.29, 1.82) is 0 Å². The lowest BCUT2D eigenvalue weighted by molar-refractivity contribution is 0.0690. The molecular weight excluding hydrogens is 236 g/mol. The number of carboxylic acid groups (broad SMARTS) is 1. The van der Waals surface area contributed by atoms with E-state index in [1.807, 2.05) is 0 Å². The quantitative estimate of drug-likeness (QED) is 0.616. The van der Waals surface area contributed by atoms with Gasteiger partial charge in [0.05, 0.1) is 12.3 Å². The smallest absolute Gasteiger partial charge is 0.354 e. The number of carboxylic acids is 1. The summed E-state index contributed by atoms with van der Waals surface area (Å²) >= 11 is 0. The number of nitrogens with one attached hydrogen (secondary N) is 1. The molecule has 6 heteroatoms. The number of ether oxygens (including phenoxy) is 1. The molecule has 100 valence electrons. The zero-order valence-electron chi connectivity index (χ0n) is 10.3. The number of rotatable bonds is 8. The zero-order chi connectivity index (χ0) is 13.4. The monoisotopic (exact) mass is 254 g/mol. The summed E-state index contributed by atoms with van der Waals surface area (Å²) < 4.78 is 5.02. The van der Waals surface area contributed by atoms with E-state index in [0.717, 1.165) is 0 Å². The van der Waals surface area contributed by atoms with Gasteiger partial charge >= 0.3 is 5.97 Å². The molecule has 0 saturated heterocycles. The molecule has 6 nitrogen and oxygen atoms in total. The van der Waals surface area contributed by atoms with Crippen LogP contribution in [0, 0.1) is 0 Å². The van der Waals surface area contributed by atoms with E-state index in [1.54, 1.807) is 19.2 Å². The Labute approximate surface area is 106 Å². The summed E-state index contributed by atoms with van der Waals surface area (Å²) in [4.78, 5) is 14.8. The molecule has 1 rings (SSSR count). The van der Waals surface area contributed by atoms with E-state index in [2.05, 4.69) is 10.3 Å². The Morgan fingerprint density at radius 3 is 2.94 bits per heavy atom. The van der Waals surface area contributed by atoms with E-state index in [-0.39, 0.29) is 18.3 Å². The van der Waals surface area contributed by atoms with Gasteiger partial charge in [0.2, 0.25) is 0 Å². The molecule has 0 aromatic carbocycles. The average molecular weight is 254 g/mol. The number of nitrogens with zero attached hydrogens (tertiary/aromatic N) is 1. The zero-order valence-corrected chi connectivity index (χ0v) is 10.3. The van der Waals surface area contributed by atoms with Gasteiger partial charge in [-0.1, -0.05) is 6.07 Å². The molecule has 0 amide bonds. The second kappa shape index (κ2) is 7.75. The predicted octanol–water partition coefficient (Wildman–Crippen LogP) is 0.267. The number of hydrogen-bond donors (Lipinski definition) is 3. The van der Waals surface area contributed by atoms with Crippen molar-refractivity contribution >= 4 is 5.97 Å². The predicted molar refractivity (Wildman–Crippen MR) is 65.4 cm³/mol. The number of aromatic carboxylic acids is 1. The lowest BCUT2D eigenvalue weighted by Crippen LogP contribution is -2.34. The highest BCUT2D eigenvalue weighted by Crippen LogP contribution is 2.01. The highest BCUT2D eigenvalue weighted by Gasteiger charge is 2.09. The van der Waals surface area contributed by atoms with Gasteiger partial charge in [-0.25, -0.2) is 9.78 Å². The topological polar surface area (TPSA) is 91.7 Å². The van der Waals surface area contributed by atoms with Crippen LogP contribution in [0.5, 0.6) is 0 Å². The van der Waals surface area contributed by atoms with Gasteiger partial charge in [-0.15, -0.1) is 0 Å². The van der Waals surface area contributed by atoms with Crippen LogP contribution in [-0.2, 0) is 11.3 Å². The number of methoxy groups -OCH3 is 1. The molecule has 3 N–H and O–H groups in total. The molecule has 0 spiro atoms. The third kappa shape index (κ3) is 4.79. The highest BCUT2D eigenvalue weighted by molar-refractivity contribution is 5.85. The molecule has 0 aliphatic carbocycles. The summed E-state index contributed by atoms with van der Waals surface area (Å²) in [6.45, 7) is 0.998. The molecule has 0 aliphatic heterocycles. The van der Waals surface area contributed by atoms with Crippen LogP contribution in [0.1, 0.15) is 22.6 Å². The second-order valence-corrected chi connectivity index (χ2v) is 3.86. The van der Waals surface area contributed by atoms with E-state index in [9.17, 15) is 4.79 Å². The second-order valence-electron chi connectivity index (χ2n) is 3.86. The third-order valence-electron chi connectivity index (χ3n) is 2.44. The number of aliphatic hydroxyl groups is 1. The van der Waals surface area contributed by atoms with Crippen molar-refractivity contribution in [3.63, 3.8) is 0 Å². The number of hydrogen-bond acceptors (Lipinski definition) is 5. The van der Waals surface area contributed by atoms with Gasteiger partial charge in [-0.2, -0.15) is 0 Å². The Balaban J connectivity index is 2.55. The minimum absolute atomic E-state index is 0.0234. The van der Waals surface area contributed by atoms with Gasteiger partial charge in [0, 0.05) is 26.3 Å². The van der Waals surface area contributed by atoms with E-state index in [4.69, 9.17) is 14.9 Å². The van der Waals surface area contributed by atoms with E-state index >= 15 is 0 Å². The summed E-state index contributed by atoms with van der Waals surface area (Å²) in [5.41, 5.74) is 0.675. The summed E-state index contributed by atoms with van der Waals surface area (Å²) in [5.74, 6) is -1.04. The first-order valence-electron chi connectivity index (χ1n) is 5.69. The van der Waals surface area contributed by atoms with Crippen LogP contribution >= 0.6 is 0 Å². The number of pyridine rings is 1. The largest absolute Gasteiger partial charge is 0.477 e. The van der Waals surface area contributed by atoms with Crippen molar-refractivity contribution < 1.29 is 19.7 Å². The number of carbonyl (C=O) groups is 1. The fraction of sp³-hybridized carbons (Fsp3) is 0.500. The molecule has 1 aromatic heterocycles. The Hall–Kier alpha value is -1.50. The Morgan fingerprint density at radius 2 is 2.33 bits per heavy atom. The molecule has 18 heavy (non-hydrogen) atoms. The van der Waals surface area contributed by atoms with Crippen molar-refractivity contribution in [2.45, 2.75) is 19.0 Å². The van der Waals surface area contributed by atoms with Crippen LogP contribution in [-0.4, -0.2) is 47.5 Å². The van der Waals surface area contributed by atoms with Crippen LogP contribution in [0.3, 0.4) is 0 Å².